The second kappa shape index (κ2) is 12.2. The van der Waals surface area contributed by atoms with Crippen molar-refractivity contribution in [2.24, 2.45) is 5.41 Å². The van der Waals surface area contributed by atoms with Gasteiger partial charge in [-0.05, 0) is 62.4 Å². The summed E-state index contributed by atoms with van der Waals surface area (Å²) in [4.78, 5) is 8.36. The second-order valence-corrected chi connectivity index (χ2v) is 10.3. The highest BCUT2D eigenvalue weighted by atomic mass is 19.1. The molecule has 2 heterocycles. The van der Waals surface area contributed by atoms with E-state index in [1.54, 1.807) is 19.4 Å². The zero-order chi connectivity index (χ0) is 28.2. The van der Waals surface area contributed by atoms with E-state index < -0.39 is 34.6 Å². The van der Waals surface area contributed by atoms with Crippen LogP contribution in [-0.4, -0.2) is 62.4 Å². The molecule has 1 atom stereocenters. The maximum absolute atomic E-state index is 16.0. The summed E-state index contributed by atoms with van der Waals surface area (Å²) in [7, 11) is 5.27. The van der Waals surface area contributed by atoms with Gasteiger partial charge in [-0.2, -0.15) is 0 Å². The molecule has 2 aromatic carbocycles. The van der Waals surface area contributed by atoms with Gasteiger partial charge in [0.15, 0.2) is 0 Å². The van der Waals surface area contributed by atoms with Crippen LogP contribution in [0.15, 0.2) is 36.5 Å². The van der Waals surface area contributed by atoms with Crippen LogP contribution in [0.3, 0.4) is 0 Å². The molecule has 1 fully saturated rings. The van der Waals surface area contributed by atoms with Gasteiger partial charge in [0.25, 0.3) is 0 Å². The minimum absolute atomic E-state index is 0.0588. The maximum Gasteiger partial charge on any atom is 0.144 e. The number of aliphatic hydroxyl groups excluding tert-OH is 1. The molecule has 1 aromatic heterocycles. The van der Waals surface area contributed by atoms with Crippen LogP contribution in [0, 0.1) is 34.7 Å². The van der Waals surface area contributed by atoms with Crippen molar-refractivity contribution in [2.75, 3.05) is 52.3 Å². The Kier molecular flexibility index (Phi) is 8.98. The van der Waals surface area contributed by atoms with Crippen molar-refractivity contribution < 1.29 is 27.4 Å². The molecule has 1 N–H and O–H groups in total. The van der Waals surface area contributed by atoms with E-state index in [4.69, 9.17) is 4.74 Å². The smallest absolute Gasteiger partial charge is 0.144 e. The third-order valence-electron chi connectivity index (χ3n) is 7.59. The van der Waals surface area contributed by atoms with Gasteiger partial charge in [0.2, 0.25) is 0 Å². The minimum atomic E-state index is -1.27. The van der Waals surface area contributed by atoms with E-state index in [-0.39, 0.29) is 19.6 Å². The Balaban J connectivity index is 1.43. The molecule has 0 saturated carbocycles. The molecule has 1 aliphatic heterocycles. The van der Waals surface area contributed by atoms with Crippen LogP contribution in [0.25, 0.3) is 10.9 Å². The highest BCUT2D eigenvalue weighted by Crippen LogP contribution is 2.42. The van der Waals surface area contributed by atoms with Crippen LogP contribution in [0.5, 0.6) is 5.75 Å². The van der Waals surface area contributed by atoms with Crippen LogP contribution in [0.1, 0.15) is 43.0 Å². The molecular formula is C30H33F4N3O2. The molecule has 208 valence electrons. The number of pyridine rings is 1. The molecule has 4 rings (SSSR count). The van der Waals surface area contributed by atoms with Gasteiger partial charge in [-0.25, -0.2) is 17.6 Å². The van der Waals surface area contributed by atoms with Crippen LogP contribution in [0.4, 0.5) is 23.2 Å². The van der Waals surface area contributed by atoms with Gasteiger partial charge in [0, 0.05) is 43.8 Å². The van der Waals surface area contributed by atoms with E-state index in [2.05, 4.69) is 16.8 Å². The number of rotatable bonds is 8. The van der Waals surface area contributed by atoms with Crippen LogP contribution < -0.4 is 9.64 Å². The number of alkyl halides is 1. The largest absolute Gasteiger partial charge is 0.497 e. The summed E-state index contributed by atoms with van der Waals surface area (Å²) >= 11 is 0. The quantitative estimate of drug-likeness (QED) is 0.294. The maximum atomic E-state index is 16.0. The molecule has 0 amide bonds. The number of anilines is 1. The topological polar surface area (TPSA) is 48.8 Å². The number of hydrogen-bond donors (Lipinski definition) is 1. The van der Waals surface area contributed by atoms with Gasteiger partial charge in [0.05, 0.1) is 36.6 Å². The highest BCUT2D eigenvalue weighted by Gasteiger charge is 2.35. The van der Waals surface area contributed by atoms with E-state index in [1.165, 1.54) is 0 Å². The molecule has 0 aliphatic carbocycles. The number of benzene rings is 2. The zero-order valence-corrected chi connectivity index (χ0v) is 22.4. The number of hydrogen-bond acceptors (Lipinski definition) is 5. The number of piperidine rings is 1. The van der Waals surface area contributed by atoms with Gasteiger partial charge in [-0.1, -0.05) is 11.8 Å². The normalized spacial score (nSPS) is 16.0. The molecule has 0 spiro atoms. The molecule has 1 aliphatic rings. The van der Waals surface area contributed by atoms with E-state index in [9.17, 15) is 18.3 Å². The predicted octanol–water partition coefficient (Wildman–Crippen LogP) is 5.64. The Labute approximate surface area is 226 Å². The Morgan fingerprint density at radius 3 is 2.44 bits per heavy atom. The van der Waals surface area contributed by atoms with Crippen LogP contribution in [0.2, 0.25) is 0 Å². The first-order valence-corrected chi connectivity index (χ1v) is 12.9. The lowest BCUT2D eigenvalue weighted by molar-refractivity contribution is 0.0345. The fourth-order valence-electron chi connectivity index (χ4n) is 5.15. The van der Waals surface area contributed by atoms with Crippen molar-refractivity contribution in [1.29, 1.82) is 0 Å². The lowest BCUT2D eigenvalue weighted by atomic mass is 9.74. The molecule has 5 nitrogen and oxygen atoms in total. The standard InChI is InChI=1S/C30H33F4N3O2/c1-36(2)28-18-35-27-7-6-21(39-3)17-23(27)29(28)24(32)8-9-30(19-38)10-13-37(14-11-30)12-4-5-22-25(33)15-20(31)16-26(22)34/h6-7,15-18,24,38H,8-14,19H2,1-3H3/t24-/m0/s1. The fraction of sp³-hybridized carbons (Fsp3) is 0.433. The molecule has 39 heavy (non-hydrogen) atoms. The number of fused-ring (bicyclic) bond motifs is 1. The number of nitrogens with zero attached hydrogens (tertiary/aromatic N) is 3. The third-order valence-corrected chi connectivity index (χ3v) is 7.59. The minimum Gasteiger partial charge on any atom is -0.497 e. The van der Waals surface area contributed by atoms with E-state index >= 15 is 4.39 Å². The van der Waals surface area contributed by atoms with Crippen LogP contribution >= 0.6 is 0 Å². The van der Waals surface area contributed by atoms with Crippen molar-refractivity contribution in [3.05, 3.63) is 65.1 Å². The fourth-order valence-corrected chi connectivity index (χ4v) is 5.15. The van der Waals surface area contributed by atoms with Gasteiger partial charge >= 0.3 is 0 Å². The number of halogens is 4. The summed E-state index contributed by atoms with van der Waals surface area (Å²) in [5.41, 5.74) is 1.06. The van der Waals surface area contributed by atoms with Crippen molar-refractivity contribution in [1.82, 2.24) is 9.88 Å². The van der Waals surface area contributed by atoms with Crippen LogP contribution in [-0.2, 0) is 0 Å². The molecule has 3 aromatic rings. The van der Waals surface area contributed by atoms with Gasteiger partial charge < -0.3 is 14.7 Å². The average molecular weight is 544 g/mol. The number of methoxy groups -OCH3 is 1. The van der Waals surface area contributed by atoms with Crippen molar-refractivity contribution in [3.8, 4) is 17.6 Å². The average Bonchev–Trinajstić information content (AvgIpc) is 2.92. The molecule has 9 heteroatoms. The summed E-state index contributed by atoms with van der Waals surface area (Å²) < 4.78 is 62.1. The predicted molar refractivity (Wildman–Crippen MR) is 144 cm³/mol. The van der Waals surface area contributed by atoms with E-state index in [1.807, 2.05) is 36.0 Å². The monoisotopic (exact) mass is 543 g/mol. The summed E-state index contributed by atoms with van der Waals surface area (Å²) in [6.45, 7) is 1.44. The highest BCUT2D eigenvalue weighted by molar-refractivity contribution is 5.88. The Hall–Kier alpha value is -3.35. The van der Waals surface area contributed by atoms with Crippen molar-refractivity contribution in [3.63, 3.8) is 0 Å². The first kappa shape index (κ1) is 28.7. The number of aliphatic hydroxyl groups is 1. The second-order valence-electron chi connectivity index (χ2n) is 10.3. The number of likely N-dealkylation sites (tertiary alicyclic amines) is 1. The summed E-state index contributed by atoms with van der Waals surface area (Å²) in [5, 5.41) is 11.0. The lowest BCUT2D eigenvalue weighted by Crippen LogP contribution is -2.42. The first-order chi connectivity index (χ1) is 18.7. The first-order valence-electron chi connectivity index (χ1n) is 12.9. The third kappa shape index (κ3) is 6.45. The Morgan fingerprint density at radius 1 is 1.13 bits per heavy atom. The molecular weight excluding hydrogens is 510 g/mol. The summed E-state index contributed by atoms with van der Waals surface area (Å²) in [6.07, 6.45) is 2.43. The SMILES string of the molecule is COc1ccc2ncc(N(C)C)c([C@@H](F)CCC3(CO)CCN(CC#Cc4c(F)cc(F)cc4F)CC3)c2c1. The molecule has 1 saturated heterocycles. The molecule has 0 radical (unpaired) electrons. The zero-order valence-electron chi connectivity index (χ0n) is 22.4. The molecule has 0 unspecified atom stereocenters. The number of aromatic nitrogens is 1. The van der Waals surface area contributed by atoms with Gasteiger partial charge in [-0.3, -0.25) is 9.88 Å². The van der Waals surface area contributed by atoms with E-state index in [0.717, 1.165) is 0 Å². The summed E-state index contributed by atoms with van der Waals surface area (Å²) in [6, 6.07) is 6.63. The lowest BCUT2D eigenvalue weighted by Gasteiger charge is -2.40. The van der Waals surface area contributed by atoms with Crippen molar-refractivity contribution >= 4 is 16.6 Å². The Morgan fingerprint density at radius 2 is 1.82 bits per heavy atom. The molecule has 0 bridgehead atoms. The van der Waals surface area contributed by atoms with Crippen molar-refractivity contribution in [2.45, 2.75) is 31.9 Å². The number of ether oxygens (including phenoxy) is 1. The Bertz CT molecular complexity index is 1350. The summed E-state index contributed by atoms with van der Waals surface area (Å²) in [5.74, 6) is 2.80. The van der Waals surface area contributed by atoms with Gasteiger partial charge in [0.1, 0.15) is 29.4 Å². The van der Waals surface area contributed by atoms with E-state index in [0.29, 0.717) is 72.4 Å². The van der Waals surface area contributed by atoms with Gasteiger partial charge in [-0.15, -0.1) is 0 Å².